The van der Waals surface area contributed by atoms with Crippen LogP contribution in [0, 0.1) is 19.9 Å². The number of hydrogen-bond donors (Lipinski definition) is 2. The van der Waals surface area contributed by atoms with Gasteiger partial charge < -0.3 is 15.2 Å². The molecule has 0 bridgehead atoms. The van der Waals surface area contributed by atoms with Crippen molar-refractivity contribution in [3.8, 4) is 5.75 Å². The summed E-state index contributed by atoms with van der Waals surface area (Å²) in [6, 6.07) is 22.5. The Labute approximate surface area is 243 Å². The summed E-state index contributed by atoms with van der Waals surface area (Å²) in [4.78, 5) is 23.1. The number of benzene rings is 3. The number of halogens is 1. The summed E-state index contributed by atoms with van der Waals surface area (Å²) in [6.45, 7) is 6.23. The third kappa shape index (κ3) is 8.43. The Bertz CT molecular complexity index is 1150. The van der Waals surface area contributed by atoms with Gasteiger partial charge in [-0.15, -0.1) is 11.6 Å². The average molecular weight is 582 g/mol. The smallest absolute Gasteiger partial charge is 0.305 e. The first kappa shape index (κ1) is 30.0. The van der Waals surface area contributed by atoms with Crippen LogP contribution in [0.15, 0.2) is 60.7 Å². The number of hydrogen-bond acceptors (Lipinski definition) is 3. The molecule has 3 rings (SSSR count). The van der Waals surface area contributed by atoms with Crippen LogP contribution in [0.3, 0.4) is 0 Å². The van der Waals surface area contributed by atoms with Crippen molar-refractivity contribution < 1.29 is 52.1 Å². The van der Waals surface area contributed by atoms with Gasteiger partial charge in [-0.2, -0.15) is 17.7 Å². The van der Waals surface area contributed by atoms with Crippen LogP contribution in [-0.2, 0) is 37.5 Å². The summed E-state index contributed by atoms with van der Waals surface area (Å²) in [5.41, 5.74) is 4.57. The second kappa shape index (κ2) is 14.5. The molecule has 2 atom stereocenters. The van der Waals surface area contributed by atoms with Gasteiger partial charge in [0.05, 0.1) is 6.42 Å². The van der Waals surface area contributed by atoms with Crippen molar-refractivity contribution in [2.24, 2.45) is 0 Å². The molecule has 1 radical (unpaired) electrons. The van der Waals surface area contributed by atoms with Gasteiger partial charge in [-0.05, 0) is 41.8 Å². The van der Waals surface area contributed by atoms with E-state index in [1.807, 2.05) is 62.4 Å². The number of amides is 1. The molecular weight excluding hydrogens is 551 g/mol. The van der Waals surface area contributed by atoms with Gasteiger partial charge >= 0.3 is 5.97 Å². The number of carboxylic acids is 1. The molecule has 0 fully saturated rings. The molecule has 0 heterocycles. The van der Waals surface area contributed by atoms with Crippen LogP contribution < -0.4 is 10.1 Å². The van der Waals surface area contributed by atoms with E-state index < -0.39 is 5.97 Å². The third-order valence-electron chi connectivity index (χ3n) is 5.88. The van der Waals surface area contributed by atoms with Gasteiger partial charge in [-0.25, -0.2) is 0 Å². The molecule has 36 heavy (non-hydrogen) atoms. The van der Waals surface area contributed by atoms with Crippen molar-refractivity contribution in [1.82, 2.24) is 5.32 Å². The quantitative estimate of drug-likeness (QED) is 0.248. The van der Waals surface area contributed by atoms with E-state index in [-0.39, 0.29) is 63.6 Å². The maximum absolute atomic E-state index is 12.4. The molecule has 5 nitrogen and oxygen atoms in total. The van der Waals surface area contributed by atoms with Crippen molar-refractivity contribution in [3.63, 3.8) is 0 Å². The molecule has 0 aromatic heterocycles. The van der Waals surface area contributed by atoms with Crippen LogP contribution >= 0.6 is 11.6 Å². The summed E-state index contributed by atoms with van der Waals surface area (Å²) in [5, 5.41) is 12.1. The zero-order valence-electron chi connectivity index (χ0n) is 20.9. The minimum atomic E-state index is -0.947. The molecule has 0 saturated heterocycles. The molecule has 0 saturated carbocycles. The predicted molar refractivity (Wildman–Crippen MR) is 138 cm³/mol. The van der Waals surface area contributed by atoms with E-state index in [4.69, 9.17) is 21.4 Å². The molecule has 3 aromatic rings. The number of carbonyl (C=O) groups excluding carboxylic acids is 1. The zero-order chi connectivity index (χ0) is 25.4. The number of nitrogens with one attached hydrogen (secondary N) is 1. The fourth-order valence-corrected chi connectivity index (χ4v) is 4.22. The van der Waals surface area contributed by atoms with Gasteiger partial charge in [0.15, 0.2) is 0 Å². The van der Waals surface area contributed by atoms with E-state index in [1.54, 1.807) is 12.1 Å². The largest absolute Gasteiger partial charge is 0.543 e. The number of carboxylic acid groups (broad SMARTS) is 1. The van der Waals surface area contributed by atoms with Crippen molar-refractivity contribution in [3.05, 3.63) is 99.6 Å². The Morgan fingerprint density at radius 3 is 2.22 bits per heavy atom. The Morgan fingerprint density at radius 1 is 1.00 bits per heavy atom. The molecule has 7 heteroatoms. The van der Waals surface area contributed by atoms with E-state index >= 15 is 0 Å². The average Bonchev–Trinajstić information content (AvgIpc) is 2.83. The Balaban J connectivity index is 0.00000456. The summed E-state index contributed by atoms with van der Waals surface area (Å²) in [6.07, 6.45) is 1.45. The molecule has 0 aliphatic rings. The Kier molecular flexibility index (Phi) is 12.1. The van der Waals surface area contributed by atoms with Gasteiger partial charge in [0.1, 0.15) is 6.10 Å². The third-order valence-corrected chi connectivity index (χ3v) is 6.13. The Hall–Kier alpha value is -2.21. The van der Waals surface area contributed by atoms with E-state index in [0.29, 0.717) is 10.6 Å². The van der Waals surface area contributed by atoms with Crippen LogP contribution in [0.4, 0.5) is 0 Å². The van der Waals surface area contributed by atoms with E-state index in [1.165, 1.54) is 0 Å². The molecule has 3 aromatic carbocycles. The fourth-order valence-electron chi connectivity index (χ4n) is 4.09. The van der Waals surface area contributed by atoms with Crippen LogP contribution in [-0.4, -0.2) is 23.5 Å². The van der Waals surface area contributed by atoms with Crippen molar-refractivity contribution in [2.75, 3.05) is 6.54 Å². The normalized spacial score (nSPS) is 12.2. The monoisotopic (exact) mass is 581 g/mol. The molecule has 0 unspecified atom stereocenters. The number of carbonyl (C=O) groups is 2. The van der Waals surface area contributed by atoms with Crippen LogP contribution in [0.5, 0.6) is 5.75 Å². The summed E-state index contributed by atoms with van der Waals surface area (Å²) < 4.78 is 6.64. The maximum atomic E-state index is 12.4. The zero-order valence-corrected chi connectivity index (χ0v) is 24.5. The number of rotatable bonds is 11. The van der Waals surface area contributed by atoms with E-state index in [9.17, 15) is 9.59 Å². The first-order valence-corrected chi connectivity index (χ1v) is 12.2. The SMILES string of the molecule is CCC[C@H](c1ccc(C(=O)NCCC(=O)O)cc1)[C@@H](Oc1ccc(C)[c-]c1C)c1ccc(Cl)cc1.[Y]. The number of aryl methyl sites for hydroxylation is 2. The molecule has 0 aliphatic heterocycles. The second-order valence-corrected chi connectivity index (χ2v) is 9.07. The minimum Gasteiger partial charge on any atom is -0.543 e. The van der Waals surface area contributed by atoms with Crippen molar-refractivity contribution in [1.29, 1.82) is 0 Å². The summed E-state index contributed by atoms with van der Waals surface area (Å²) in [7, 11) is 0. The van der Waals surface area contributed by atoms with Crippen LogP contribution in [0.1, 0.15) is 70.8 Å². The van der Waals surface area contributed by atoms with Crippen LogP contribution in [0.2, 0.25) is 5.02 Å². The van der Waals surface area contributed by atoms with Crippen molar-refractivity contribution in [2.45, 2.75) is 52.1 Å². The van der Waals surface area contributed by atoms with Gasteiger partial charge in [0, 0.05) is 61.5 Å². The van der Waals surface area contributed by atoms with Crippen LogP contribution in [0.25, 0.3) is 0 Å². The number of aliphatic carboxylic acids is 1. The Morgan fingerprint density at radius 2 is 1.64 bits per heavy atom. The van der Waals surface area contributed by atoms with Gasteiger partial charge in [-0.1, -0.05) is 63.1 Å². The first-order valence-electron chi connectivity index (χ1n) is 11.8. The fraction of sp³-hybridized carbons (Fsp3) is 0.310. The molecule has 187 valence electrons. The standard InChI is InChI=1S/C29H31ClNO4.Y/c1-4-5-25(21-7-9-23(10-8-21)29(34)31-17-16-27(32)33)28(22-11-13-24(30)14-12-22)35-26-15-6-19(2)18-20(26)3;/h6-15,25,28H,4-5,16-17H2,1-3H3,(H,31,34)(H,32,33);/q-1;/t25-,28+;/m1./s1. The topological polar surface area (TPSA) is 75.6 Å². The minimum absolute atomic E-state index is 0. The molecule has 0 spiro atoms. The van der Waals surface area contributed by atoms with E-state index in [0.717, 1.165) is 40.8 Å². The van der Waals surface area contributed by atoms with Gasteiger partial charge in [0.25, 0.3) is 5.91 Å². The van der Waals surface area contributed by atoms with Gasteiger partial charge in [0.2, 0.25) is 0 Å². The van der Waals surface area contributed by atoms with E-state index in [2.05, 4.69) is 18.3 Å². The second-order valence-electron chi connectivity index (χ2n) is 8.64. The molecule has 0 aliphatic carbocycles. The molecule has 1 amide bonds. The first-order chi connectivity index (χ1) is 16.8. The molecule has 2 N–H and O–H groups in total. The summed E-state index contributed by atoms with van der Waals surface area (Å²) in [5.74, 6) is -0.420. The van der Waals surface area contributed by atoms with Gasteiger partial charge in [-0.3, -0.25) is 9.59 Å². The predicted octanol–water partition coefficient (Wildman–Crippen LogP) is 6.66. The summed E-state index contributed by atoms with van der Waals surface area (Å²) >= 11 is 6.16. The molecular formula is C29H31ClNO4Y-. The maximum Gasteiger partial charge on any atom is 0.305 e. The number of ether oxygens (including phenoxy) is 1. The van der Waals surface area contributed by atoms with Crippen molar-refractivity contribution >= 4 is 23.5 Å².